The molecule has 1 heterocycles. The second-order valence-corrected chi connectivity index (χ2v) is 8.91. The van der Waals surface area contributed by atoms with Crippen LogP contribution in [0.3, 0.4) is 0 Å². The smallest absolute Gasteiger partial charge is 0.253 e. The highest BCUT2D eigenvalue weighted by Gasteiger charge is 2.18. The zero-order valence-corrected chi connectivity index (χ0v) is 19.9. The Labute approximate surface area is 201 Å². The summed E-state index contributed by atoms with van der Waals surface area (Å²) in [6.07, 6.45) is 3.67. The molecule has 3 rings (SSSR count). The number of phenolic OH excluding ortho intramolecular Hbond substituents is 1. The normalized spacial score (nSPS) is 12.0. The van der Waals surface area contributed by atoms with Gasteiger partial charge in [-0.05, 0) is 43.2 Å². The zero-order chi connectivity index (χ0) is 23.8. The average Bonchev–Trinajstić information content (AvgIpc) is 3.14. The number of hydrazone groups is 1. The number of aromatic nitrogens is 3. The Morgan fingerprint density at radius 1 is 1.33 bits per heavy atom. The predicted molar refractivity (Wildman–Crippen MR) is 133 cm³/mol. The van der Waals surface area contributed by atoms with Crippen molar-refractivity contribution in [1.29, 1.82) is 0 Å². The first-order valence-electron chi connectivity index (χ1n) is 10.2. The van der Waals surface area contributed by atoms with Gasteiger partial charge in [0, 0.05) is 23.3 Å². The molecule has 0 bridgehead atoms. The highest BCUT2D eigenvalue weighted by molar-refractivity contribution is 8.00. The van der Waals surface area contributed by atoms with E-state index in [0.29, 0.717) is 28.7 Å². The molecular formula is C23H25ClN6O2S. The van der Waals surface area contributed by atoms with E-state index < -0.39 is 5.25 Å². The first-order chi connectivity index (χ1) is 15.9. The van der Waals surface area contributed by atoms with Gasteiger partial charge in [0.1, 0.15) is 5.75 Å². The fourth-order valence-electron chi connectivity index (χ4n) is 2.88. The van der Waals surface area contributed by atoms with E-state index in [1.165, 1.54) is 18.0 Å². The molecule has 0 spiro atoms. The number of benzene rings is 2. The lowest BCUT2D eigenvalue weighted by Gasteiger charge is -2.10. The molecule has 0 unspecified atom stereocenters. The lowest BCUT2D eigenvalue weighted by Crippen LogP contribution is -2.27. The minimum Gasteiger partial charge on any atom is -0.507 e. The van der Waals surface area contributed by atoms with Crippen molar-refractivity contribution in [1.82, 2.24) is 20.2 Å². The van der Waals surface area contributed by atoms with Crippen LogP contribution in [0, 0.1) is 0 Å². The van der Waals surface area contributed by atoms with Gasteiger partial charge in [-0.2, -0.15) is 5.10 Å². The summed E-state index contributed by atoms with van der Waals surface area (Å²) in [4.78, 5) is 12.4. The summed E-state index contributed by atoms with van der Waals surface area (Å²) in [5.41, 5.74) is 4.64. The van der Waals surface area contributed by atoms with Gasteiger partial charge < -0.3 is 15.0 Å². The van der Waals surface area contributed by atoms with Gasteiger partial charge >= 0.3 is 0 Å². The highest BCUT2D eigenvalue weighted by atomic mass is 35.5. The minimum absolute atomic E-state index is 0.121. The molecule has 0 aliphatic rings. The standard InChI is InChI=1S/C23H25ClN6O2S/c1-4-7-16-8-5-9-17(21(16)31)13-26-28-22(32)15(2)33-23-29-27-20(30(23)3)14-25-19-11-6-10-18(24)12-19/h4-6,8-13,15,25,31H,1,7,14H2,2-3H3,(H,28,32)/b26-13-/t15-/m0/s1. The molecule has 172 valence electrons. The Hall–Kier alpha value is -3.30. The number of carbonyl (C=O) groups excluding carboxylic acids is 1. The van der Waals surface area contributed by atoms with Crippen molar-refractivity contribution in [3.05, 3.63) is 77.1 Å². The van der Waals surface area contributed by atoms with Crippen LogP contribution in [-0.2, 0) is 24.8 Å². The van der Waals surface area contributed by atoms with Crippen molar-refractivity contribution >= 4 is 41.2 Å². The second kappa shape index (κ2) is 11.5. The molecule has 0 radical (unpaired) electrons. The fourth-order valence-corrected chi connectivity index (χ4v) is 3.90. The first kappa shape index (κ1) is 24.3. The van der Waals surface area contributed by atoms with Gasteiger partial charge in [-0.25, -0.2) is 5.43 Å². The molecule has 0 aliphatic heterocycles. The number of carbonyl (C=O) groups is 1. The summed E-state index contributed by atoms with van der Waals surface area (Å²) in [7, 11) is 1.85. The molecule has 0 aliphatic carbocycles. The molecule has 0 saturated heterocycles. The first-order valence-corrected chi connectivity index (χ1v) is 11.4. The van der Waals surface area contributed by atoms with Crippen LogP contribution < -0.4 is 10.7 Å². The van der Waals surface area contributed by atoms with Crippen LogP contribution in [0.25, 0.3) is 0 Å². The molecule has 10 heteroatoms. The third-order valence-electron chi connectivity index (χ3n) is 4.75. The van der Waals surface area contributed by atoms with Gasteiger partial charge in [-0.1, -0.05) is 47.6 Å². The van der Waals surface area contributed by atoms with Crippen molar-refractivity contribution < 1.29 is 9.90 Å². The van der Waals surface area contributed by atoms with Gasteiger partial charge in [0.05, 0.1) is 18.0 Å². The topological polar surface area (TPSA) is 104 Å². The van der Waals surface area contributed by atoms with Crippen LogP contribution in [-0.4, -0.2) is 37.2 Å². The third kappa shape index (κ3) is 6.59. The molecule has 8 nitrogen and oxygen atoms in total. The molecule has 3 aromatic rings. The van der Waals surface area contributed by atoms with Crippen molar-refractivity contribution in [2.45, 2.75) is 30.3 Å². The maximum atomic E-state index is 12.4. The number of aromatic hydroxyl groups is 1. The van der Waals surface area contributed by atoms with E-state index in [4.69, 9.17) is 11.6 Å². The minimum atomic E-state index is -0.459. The van der Waals surface area contributed by atoms with Crippen LogP contribution in [0.4, 0.5) is 5.69 Å². The van der Waals surface area contributed by atoms with Gasteiger partial charge in [0.25, 0.3) is 5.91 Å². The van der Waals surface area contributed by atoms with E-state index in [-0.39, 0.29) is 11.7 Å². The van der Waals surface area contributed by atoms with Gasteiger partial charge in [0.15, 0.2) is 11.0 Å². The van der Waals surface area contributed by atoms with Crippen LogP contribution in [0.15, 0.2) is 65.4 Å². The van der Waals surface area contributed by atoms with E-state index in [9.17, 15) is 9.90 Å². The number of hydrogen-bond acceptors (Lipinski definition) is 7. The fraction of sp³-hybridized carbons (Fsp3) is 0.217. The Morgan fingerprint density at radius 3 is 2.88 bits per heavy atom. The monoisotopic (exact) mass is 484 g/mol. The summed E-state index contributed by atoms with van der Waals surface area (Å²) in [6, 6.07) is 12.8. The number of nitrogens with zero attached hydrogens (tertiary/aromatic N) is 4. The molecule has 33 heavy (non-hydrogen) atoms. The van der Waals surface area contributed by atoms with E-state index in [0.717, 1.165) is 17.1 Å². The summed E-state index contributed by atoms with van der Waals surface area (Å²) >= 11 is 7.28. The number of thioether (sulfide) groups is 1. The quantitative estimate of drug-likeness (QED) is 0.173. The lowest BCUT2D eigenvalue weighted by molar-refractivity contribution is -0.120. The number of hydrogen-bond donors (Lipinski definition) is 3. The maximum absolute atomic E-state index is 12.4. The Balaban J connectivity index is 1.55. The predicted octanol–water partition coefficient (Wildman–Crippen LogP) is 4.15. The summed E-state index contributed by atoms with van der Waals surface area (Å²) in [5.74, 6) is 0.549. The van der Waals surface area contributed by atoms with E-state index in [2.05, 4.69) is 32.6 Å². The number of halogens is 1. The van der Waals surface area contributed by atoms with E-state index in [1.807, 2.05) is 48.0 Å². The zero-order valence-electron chi connectivity index (χ0n) is 18.3. The summed E-state index contributed by atoms with van der Waals surface area (Å²) in [5, 5.41) is 26.7. The molecule has 2 aromatic carbocycles. The molecule has 1 atom stereocenters. The van der Waals surface area contributed by atoms with Crippen molar-refractivity contribution in [3.8, 4) is 5.75 Å². The van der Waals surface area contributed by atoms with Gasteiger partial charge in [0.2, 0.25) is 0 Å². The molecule has 3 N–H and O–H groups in total. The number of para-hydroxylation sites is 1. The molecule has 0 saturated carbocycles. The Morgan fingerprint density at radius 2 is 2.12 bits per heavy atom. The Kier molecular flexibility index (Phi) is 8.51. The van der Waals surface area contributed by atoms with Gasteiger partial charge in [-0.15, -0.1) is 16.8 Å². The largest absolute Gasteiger partial charge is 0.507 e. The highest BCUT2D eigenvalue weighted by Crippen LogP contribution is 2.23. The van der Waals surface area contributed by atoms with Crippen molar-refractivity contribution in [3.63, 3.8) is 0 Å². The summed E-state index contributed by atoms with van der Waals surface area (Å²) in [6.45, 7) is 5.90. The second-order valence-electron chi connectivity index (χ2n) is 7.16. The van der Waals surface area contributed by atoms with Crippen LogP contribution in [0.5, 0.6) is 5.75 Å². The van der Waals surface area contributed by atoms with Crippen molar-refractivity contribution in [2.24, 2.45) is 12.1 Å². The molecular weight excluding hydrogens is 460 g/mol. The average molecular weight is 485 g/mol. The number of rotatable bonds is 10. The third-order valence-corrected chi connectivity index (χ3v) is 6.11. The number of nitrogens with one attached hydrogen (secondary N) is 2. The molecule has 1 aromatic heterocycles. The lowest BCUT2D eigenvalue weighted by atomic mass is 10.1. The maximum Gasteiger partial charge on any atom is 0.253 e. The Bertz CT molecular complexity index is 1160. The van der Waals surface area contributed by atoms with E-state index in [1.54, 1.807) is 19.1 Å². The van der Waals surface area contributed by atoms with Crippen molar-refractivity contribution in [2.75, 3.05) is 5.32 Å². The molecule has 1 amide bonds. The van der Waals surface area contributed by atoms with Crippen LogP contribution in [0.2, 0.25) is 5.02 Å². The van der Waals surface area contributed by atoms with Crippen LogP contribution in [0.1, 0.15) is 23.9 Å². The SMILES string of the molecule is C=CCc1cccc(/C=N\NC(=O)[C@H](C)Sc2nnc(CNc3cccc(Cl)c3)n2C)c1O. The number of phenols is 1. The number of anilines is 1. The molecule has 0 fully saturated rings. The number of amides is 1. The van der Waals surface area contributed by atoms with E-state index >= 15 is 0 Å². The van der Waals surface area contributed by atoms with Gasteiger partial charge in [-0.3, -0.25) is 4.79 Å². The van der Waals surface area contributed by atoms with Crippen LogP contribution >= 0.6 is 23.4 Å². The number of allylic oxidation sites excluding steroid dienone is 1. The summed E-state index contributed by atoms with van der Waals surface area (Å²) < 4.78 is 1.83.